The summed E-state index contributed by atoms with van der Waals surface area (Å²) in [5.74, 6) is -4.32. The fourth-order valence-corrected chi connectivity index (χ4v) is 16.5. The Labute approximate surface area is 793 Å². The zero-order valence-corrected chi connectivity index (χ0v) is 83.1. The van der Waals surface area contributed by atoms with Crippen molar-refractivity contribution in [3.05, 3.63) is 273 Å². The van der Waals surface area contributed by atoms with Crippen molar-refractivity contribution in [3.8, 4) is 0 Å². The number of nitrogens with one attached hydrogen (secondary N) is 1. The van der Waals surface area contributed by atoms with Gasteiger partial charge in [0, 0.05) is 28.4 Å². The number of rotatable bonds is 28. The van der Waals surface area contributed by atoms with Gasteiger partial charge in [0.05, 0.1) is 67.9 Å². The lowest BCUT2D eigenvalue weighted by Gasteiger charge is -2.30. The molecule has 0 fully saturated rings. The standard InChI is InChI=1S/C27H34N2O7S.C23H26N2O7S.C14H16N2O6S.C10H14O.C9H12O2.C9H12O.C4H10.2CO2/c1-9-35-23(31)20-16(2)19-21(30)29(27(6,7)24(32)36-26(3,4)5)25(33)28(22(19)37-20)15-18(34-8)17-13-11-10-12-14-17;1-6-32-20(27)17-13(2)16-18(26)25(23(3,4)21(28)29)22(30)24(19(16)33-17)12-15(31-5)14-10-8-7-9-11-14;1-5-22-11(18)8-6(2)7-9(23-8)15-13(21)16(10(7)17)14(3,4)12(19)20;1-3-10(11-2)9-7-5-4-6-8-9;1-11-9(7-10)8-5-3-2-4-6-8;1-2-9(10)8-6-4-3-5-7-8;1-4(2)3;2*2-1-3/h10-14,18H,9,15H2,1-8H3;7-11,15H,6,12H2,1-5H3,(H,28,29);5H2,1-4H3,(H,15,21)(H,19,20);4-8,10H,3H2,1-2H3;2-6,9-10H,7H2,1H3;3-7,9-10H,2H2,1H3;4H,1-3H3;;/t18-;15-;;10-;2*9-;;;/m11.111.../s1. The summed E-state index contributed by atoms with van der Waals surface area (Å²) in [6, 6.07) is 48.2. The molecular weight excluding hydrogens is 1810 g/mol. The lowest BCUT2D eigenvalue weighted by molar-refractivity contribution is -0.193. The van der Waals surface area contributed by atoms with Gasteiger partial charge in [-0.25, -0.2) is 56.9 Å². The van der Waals surface area contributed by atoms with Gasteiger partial charge in [-0.2, -0.15) is 19.2 Å². The highest BCUT2D eigenvalue weighted by molar-refractivity contribution is 7.21. The fourth-order valence-electron chi connectivity index (χ4n) is 13.0. The molecule has 5 atom stereocenters. The molecule has 0 unspecified atom stereocenters. The second-order valence-electron chi connectivity index (χ2n) is 32.7. The highest BCUT2D eigenvalue weighted by Gasteiger charge is 2.41. The number of carbonyl (C=O) groups excluding carboxylic acids is 8. The normalized spacial score (nSPS) is 12.1. The van der Waals surface area contributed by atoms with Gasteiger partial charge in [0.15, 0.2) is 0 Å². The molecular formula is C98H124N6O28S3. The quantitative estimate of drug-likeness (QED) is 0.0224. The number of aliphatic hydroxyl groups excluding tert-OH is 2. The number of benzene rings is 5. The first-order valence-corrected chi connectivity index (χ1v) is 45.3. The molecule has 0 aliphatic rings. The molecule has 0 aliphatic carbocycles. The van der Waals surface area contributed by atoms with Crippen LogP contribution in [-0.4, -0.2) is 157 Å². The largest absolute Gasteiger partial charge is 0.480 e. The second kappa shape index (κ2) is 55.3. The topological polar surface area (TPSA) is 468 Å². The van der Waals surface area contributed by atoms with E-state index in [0.29, 0.717) is 26.1 Å². The van der Waals surface area contributed by atoms with E-state index in [4.69, 9.17) is 62.2 Å². The summed E-state index contributed by atoms with van der Waals surface area (Å²) in [7, 11) is 6.38. The van der Waals surface area contributed by atoms with E-state index in [1.165, 1.54) is 70.5 Å². The van der Waals surface area contributed by atoms with Gasteiger partial charge in [-0.05, 0) is 167 Å². The van der Waals surface area contributed by atoms with Crippen LogP contribution >= 0.6 is 34.0 Å². The van der Waals surface area contributed by atoms with E-state index in [0.717, 1.165) is 84.2 Å². The molecule has 5 N–H and O–H groups in total. The highest BCUT2D eigenvalue weighted by atomic mass is 32.1. The van der Waals surface area contributed by atoms with Gasteiger partial charge in [-0.1, -0.05) is 186 Å². The van der Waals surface area contributed by atoms with E-state index in [1.807, 2.05) is 146 Å². The Hall–Kier alpha value is -12.6. The molecule has 6 aromatic heterocycles. The van der Waals surface area contributed by atoms with Crippen LogP contribution in [0.5, 0.6) is 0 Å². The number of carbonyl (C=O) groups is 6. The van der Waals surface area contributed by atoms with Gasteiger partial charge in [-0.3, -0.25) is 28.5 Å². The SMILES string of the molecule is CC(C)C.CCOC(=O)c1sc2[nH]c(=O)n(C(C)(C)C(=O)O)c(=O)c2c1C.CCOC(=O)c1sc2c(c1C)c(=O)n(C(C)(C)C(=O)O)c(=O)n2C[C@@H](OC)c1ccccc1.CCOC(=O)c1sc2c(c1C)c(=O)n(C(C)(C)C(=O)OC(C)(C)C)c(=O)n2C[C@@H](OC)c1ccccc1.CC[C@@H](O)c1ccccc1.CC[C@@H](OC)c1ccccc1.CO[C@H](CO)c1ccccc1.O=C=O.O=C=O. The van der Waals surface area contributed by atoms with E-state index in [1.54, 1.807) is 76.5 Å². The molecule has 34 nitrogen and oxygen atoms in total. The smallest absolute Gasteiger partial charge is 0.373 e. The van der Waals surface area contributed by atoms with E-state index >= 15 is 0 Å². The molecule has 11 rings (SSSR count). The molecule has 37 heteroatoms. The van der Waals surface area contributed by atoms with Crippen molar-refractivity contribution in [2.24, 2.45) is 5.92 Å². The van der Waals surface area contributed by atoms with Gasteiger partial charge in [0.2, 0.25) is 0 Å². The van der Waals surface area contributed by atoms with Gasteiger partial charge < -0.3 is 58.3 Å². The molecule has 0 bridgehead atoms. The molecule has 6 heterocycles. The molecule has 0 radical (unpaired) electrons. The lowest BCUT2D eigenvalue weighted by Crippen LogP contribution is -2.54. The first-order chi connectivity index (χ1) is 63.6. The summed E-state index contributed by atoms with van der Waals surface area (Å²) >= 11 is 2.93. The zero-order valence-electron chi connectivity index (χ0n) is 80.6. The predicted octanol–water partition coefficient (Wildman–Crippen LogP) is 14.9. The number of aliphatic carboxylic acids is 2. The Balaban J connectivity index is 0.000000434. The number of esters is 4. The lowest BCUT2D eigenvalue weighted by atomic mass is 10.0. The van der Waals surface area contributed by atoms with Gasteiger partial charge >= 0.3 is 65.2 Å². The third-order valence-corrected chi connectivity index (χ3v) is 23.8. The molecule has 0 amide bonds. The van der Waals surface area contributed by atoms with Crippen molar-refractivity contribution in [2.75, 3.05) is 54.9 Å². The molecule has 135 heavy (non-hydrogen) atoms. The summed E-state index contributed by atoms with van der Waals surface area (Å²) < 4.78 is 47.4. The van der Waals surface area contributed by atoms with Crippen LogP contribution in [-0.2, 0) is 101 Å². The Bertz CT molecular complexity index is 6100. The molecule has 5 aromatic carbocycles. The average Bonchev–Trinajstić information content (AvgIpc) is 1.59. The number of carboxylic acid groups (broad SMARTS) is 2. The summed E-state index contributed by atoms with van der Waals surface area (Å²) in [5, 5.41) is 37.6. The first kappa shape index (κ1) is 117. The van der Waals surface area contributed by atoms with Crippen molar-refractivity contribution >= 4 is 113 Å². The van der Waals surface area contributed by atoms with Crippen LogP contribution in [0.3, 0.4) is 0 Å². The van der Waals surface area contributed by atoms with Crippen LogP contribution in [0.2, 0.25) is 0 Å². The van der Waals surface area contributed by atoms with Crippen molar-refractivity contribution in [2.45, 2.75) is 217 Å². The maximum atomic E-state index is 14.0. The van der Waals surface area contributed by atoms with Crippen LogP contribution in [0.1, 0.15) is 235 Å². The number of hydrogen-bond donors (Lipinski definition) is 5. The number of hydrogen-bond acceptors (Lipinski definition) is 29. The van der Waals surface area contributed by atoms with Crippen LogP contribution in [0.25, 0.3) is 30.6 Å². The monoisotopic (exact) mass is 1930 g/mol. The Kier molecular flexibility index (Phi) is 47.7. The molecule has 0 spiro atoms. The van der Waals surface area contributed by atoms with Crippen LogP contribution in [0, 0.1) is 26.7 Å². The minimum absolute atomic E-state index is 0.00798. The predicted molar refractivity (Wildman–Crippen MR) is 513 cm³/mol. The van der Waals surface area contributed by atoms with Crippen LogP contribution < -0.4 is 33.7 Å². The first-order valence-electron chi connectivity index (χ1n) is 42.8. The van der Waals surface area contributed by atoms with Crippen LogP contribution in [0.4, 0.5) is 0 Å². The summed E-state index contributed by atoms with van der Waals surface area (Å²) in [6.07, 6.45) is 1.00. The average molecular weight is 1930 g/mol. The van der Waals surface area contributed by atoms with Gasteiger partial charge in [0.25, 0.3) is 16.7 Å². The number of methoxy groups -OCH3 is 4. The van der Waals surface area contributed by atoms with Crippen molar-refractivity contribution in [1.29, 1.82) is 0 Å². The number of thiophene rings is 3. The highest BCUT2D eigenvalue weighted by Crippen LogP contribution is 2.35. The van der Waals surface area contributed by atoms with Gasteiger partial charge in [-0.15, -0.1) is 34.0 Å². The summed E-state index contributed by atoms with van der Waals surface area (Å²) in [5.41, 5.74) is -4.55. The van der Waals surface area contributed by atoms with Crippen molar-refractivity contribution in [3.63, 3.8) is 0 Å². The number of carboxylic acids is 2. The minimum atomic E-state index is -1.82. The number of aromatic amines is 1. The van der Waals surface area contributed by atoms with E-state index < -0.39 is 104 Å². The number of aromatic nitrogens is 6. The van der Waals surface area contributed by atoms with E-state index in [2.05, 4.69) is 44.8 Å². The van der Waals surface area contributed by atoms with Gasteiger partial charge in [0.1, 0.15) is 69.7 Å². The minimum Gasteiger partial charge on any atom is -0.480 e. The fraction of sp³-hybridized carbons (Fsp3) is 0.429. The number of aliphatic hydroxyl groups is 2. The van der Waals surface area contributed by atoms with E-state index in [-0.39, 0.29) is 111 Å². The number of fused-ring (bicyclic) bond motifs is 3. The number of aryl methyl sites for hydroxylation is 3. The summed E-state index contributed by atoms with van der Waals surface area (Å²) in [4.78, 5) is 190. The number of H-pyrrole nitrogens is 1. The Morgan fingerprint density at radius 3 is 0.985 bits per heavy atom. The second-order valence-corrected chi connectivity index (χ2v) is 35.7. The third kappa shape index (κ3) is 31.2. The molecule has 11 aromatic rings. The van der Waals surface area contributed by atoms with Crippen molar-refractivity contribution in [1.82, 2.24) is 27.8 Å². The molecule has 0 saturated heterocycles. The number of nitrogens with zero attached hydrogens (tertiary/aromatic N) is 5. The van der Waals surface area contributed by atoms with Crippen molar-refractivity contribution < 1.29 is 106 Å². The Morgan fingerprint density at radius 1 is 0.415 bits per heavy atom. The zero-order chi connectivity index (χ0) is 102. The maximum absolute atomic E-state index is 14.0. The molecule has 732 valence electrons. The molecule has 0 aliphatic heterocycles. The van der Waals surface area contributed by atoms with E-state index in [9.17, 15) is 72.9 Å². The third-order valence-electron chi connectivity index (χ3n) is 20.0. The Morgan fingerprint density at radius 2 is 0.696 bits per heavy atom. The van der Waals surface area contributed by atoms with Crippen LogP contribution in [0.15, 0.2) is 180 Å². The molecule has 0 saturated carbocycles. The maximum Gasteiger partial charge on any atom is 0.373 e. The number of ether oxygens (including phenoxy) is 8. The summed E-state index contributed by atoms with van der Waals surface area (Å²) in [6.45, 7) is 34.1.